The van der Waals surface area contributed by atoms with Crippen molar-refractivity contribution < 1.29 is 9.53 Å². The van der Waals surface area contributed by atoms with Gasteiger partial charge in [-0.1, -0.05) is 41.4 Å². The highest BCUT2D eigenvalue weighted by atomic mass is 35.5. The van der Waals surface area contributed by atoms with Crippen LogP contribution in [0.15, 0.2) is 48.7 Å². The Morgan fingerprint density at radius 3 is 2.35 bits per heavy atom. The van der Waals surface area contributed by atoms with Crippen LogP contribution in [0.4, 0.5) is 10.6 Å². The second-order valence-corrected chi connectivity index (χ2v) is 9.44. The topological polar surface area (TPSA) is 45.7 Å². The first-order valence-electron chi connectivity index (χ1n) is 10.3. The maximum Gasteiger partial charge on any atom is 0.410 e. The summed E-state index contributed by atoms with van der Waals surface area (Å²) >= 11 is 13.0. The summed E-state index contributed by atoms with van der Waals surface area (Å²) in [6, 6.07) is 13.6. The summed E-state index contributed by atoms with van der Waals surface area (Å²) in [4.78, 5) is 21.0. The van der Waals surface area contributed by atoms with Gasteiger partial charge in [0.25, 0.3) is 0 Å². The Morgan fingerprint density at radius 1 is 0.968 bits per heavy atom. The van der Waals surface area contributed by atoms with Crippen molar-refractivity contribution in [2.24, 2.45) is 0 Å². The number of amides is 1. The molecule has 0 aliphatic carbocycles. The summed E-state index contributed by atoms with van der Waals surface area (Å²) in [5.74, 6) is 0.881. The van der Waals surface area contributed by atoms with Crippen LogP contribution in [0.25, 0.3) is 21.9 Å². The molecule has 0 atom stereocenters. The van der Waals surface area contributed by atoms with Crippen LogP contribution >= 0.6 is 23.2 Å². The third kappa shape index (κ3) is 4.73. The normalized spacial score (nSPS) is 14.7. The molecule has 1 fully saturated rings. The summed E-state index contributed by atoms with van der Waals surface area (Å²) in [7, 11) is 0. The lowest BCUT2D eigenvalue weighted by Gasteiger charge is -2.36. The summed E-state index contributed by atoms with van der Waals surface area (Å²) in [6.45, 7) is 8.15. The predicted octanol–water partition coefficient (Wildman–Crippen LogP) is 6.27. The van der Waals surface area contributed by atoms with Crippen LogP contribution in [0, 0.1) is 0 Å². The lowest BCUT2D eigenvalue weighted by atomic mass is 10.0. The molecule has 1 aliphatic heterocycles. The molecule has 4 rings (SSSR count). The zero-order chi connectivity index (χ0) is 22.2. The smallest absolute Gasteiger partial charge is 0.410 e. The minimum Gasteiger partial charge on any atom is -0.444 e. The molecule has 7 heteroatoms. The van der Waals surface area contributed by atoms with Crippen molar-refractivity contribution in [1.29, 1.82) is 0 Å². The standard InChI is InChI=1S/C24H25Cl2N3O2/c1-24(2,3)31-23(30)29-12-10-28(11-13-29)22-18-15-19(17-6-4-5-7-20(17)25)21(26)14-16(18)8-9-27-22/h4-9,14-15H,10-13H2,1-3H3. The average molecular weight is 458 g/mol. The number of benzene rings is 2. The minimum absolute atomic E-state index is 0.272. The van der Waals surface area contributed by atoms with Crippen molar-refractivity contribution in [2.45, 2.75) is 26.4 Å². The highest BCUT2D eigenvalue weighted by Gasteiger charge is 2.27. The number of pyridine rings is 1. The summed E-state index contributed by atoms with van der Waals surface area (Å²) in [5.41, 5.74) is 1.27. The molecule has 31 heavy (non-hydrogen) atoms. The Bertz CT molecular complexity index is 1120. The number of carbonyl (C=O) groups is 1. The number of anilines is 1. The van der Waals surface area contributed by atoms with E-state index in [1.165, 1.54) is 0 Å². The van der Waals surface area contributed by atoms with Gasteiger partial charge >= 0.3 is 6.09 Å². The Kier molecular flexibility index (Phi) is 6.00. The number of carbonyl (C=O) groups excluding carboxylic acids is 1. The maximum atomic E-state index is 12.4. The van der Waals surface area contributed by atoms with Gasteiger partial charge in [-0.15, -0.1) is 0 Å². The van der Waals surface area contributed by atoms with Crippen molar-refractivity contribution in [3.63, 3.8) is 0 Å². The van der Waals surface area contributed by atoms with Crippen LogP contribution in [0.1, 0.15) is 20.8 Å². The number of aromatic nitrogens is 1. The quantitative estimate of drug-likeness (QED) is 0.454. The van der Waals surface area contributed by atoms with Gasteiger partial charge in [0.1, 0.15) is 11.4 Å². The monoisotopic (exact) mass is 457 g/mol. The van der Waals surface area contributed by atoms with Crippen LogP contribution in [0.2, 0.25) is 10.0 Å². The summed E-state index contributed by atoms with van der Waals surface area (Å²) in [5, 5.41) is 3.32. The number of hydrogen-bond donors (Lipinski definition) is 0. The van der Waals surface area contributed by atoms with Gasteiger partial charge in [0.05, 0.1) is 0 Å². The van der Waals surface area contributed by atoms with Gasteiger partial charge in [-0.25, -0.2) is 9.78 Å². The number of fused-ring (bicyclic) bond motifs is 1. The maximum absolute atomic E-state index is 12.4. The highest BCUT2D eigenvalue weighted by Crippen LogP contribution is 2.38. The Labute approximate surface area is 192 Å². The summed E-state index contributed by atoms with van der Waals surface area (Å²) < 4.78 is 5.50. The lowest BCUT2D eigenvalue weighted by molar-refractivity contribution is 0.0240. The molecule has 0 radical (unpaired) electrons. The van der Waals surface area contributed by atoms with Gasteiger partial charge < -0.3 is 14.5 Å². The van der Waals surface area contributed by atoms with E-state index in [1.54, 1.807) is 11.1 Å². The van der Waals surface area contributed by atoms with E-state index in [0.717, 1.165) is 27.7 Å². The fourth-order valence-corrected chi connectivity index (χ4v) is 4.25. The van der Waals surface area contributed by atoms with Gasteiger partial charge in [-0.2, -0.15) is 0 Å². The van der Waals surface area contributed by atoms with Gasteiger partial charge in [-0.05, 0) is 50.4 Å². The van der Waals surface area contributed by atoms with Crippen LogP contribution in [-0.2, 0) is 4.74 Å². The zero-order valence-corrected chi connectivity index (χ0v) is 19.4. The lowest BCUT2D eigenvalue weighted by Crippen LogP contribution is -2.50. The van der Waals surface area contributed by atoms with Crippen molar-refractivity contribution in [2.75, 3.05) is 31.1 Å². The molecule has 1 aliphatic rings. The van der Waals surface area contributed by atoms with Gasteiger partial charge in [-0.3, -0.25) is 0 Å². The van der Waals surface area contributed by atoms with E-state index in [1.807, 2.05) is 57.2 Å². The predicted molar refractivity (Wildman–Crippen MR) is 127 cm³/mol. The van der Waals surface area contributed by atoms with Crippen molar-refractivity contribution >= 4 is 45.9 Å². The SMILES string of the molecule is CC(C)(C)OC(=O)N1CCN(c2nccc3cc(Cl)c(-c4ccccc4Cl)cc23)CC1. The Morgan fingerprint density at radius 2 is 1.68 bits per heavy atom. The zero-order valence-electron chi connectivity index (χ0n) is 17.9. The van der Waals surface area contributed by atoms with Crippen molar-refractivity contribution in [3.05, 3.63) is 58.7 Å². The third-order valence-corrected chi connectivity index (χ3v) is 5.87. The number of halogens is 2. The summed E-state index contributed by atoms with van der Waals surface area (Å²) in [6.07, 6.45) is 1.52. The second-order valence-electron chi connectivity index (χ2n) is 8.62. The number of ether oxygens (including phenoxy) is 1. The molecular weight excluding hydrogens is 433 g/mol. The Balaban J connectivity index is 1.63. The molecular formula is C24H25Cl2N3O2. The van der Waals surface area contributed by atoms with E-state index < -0.39 is 5.60 Å². The number of rotatable bonds is 2. The number of nitrogens with zero attached hydrogens (tertiary/aromatic N) is 3. The molecule has 2 heterocycles. The van der Waals surface area contributed by atoms with E-state index >= 15 is 0 Å². The first-order chi connectivity index (χ1) is 14.7. The number of piperazine rings is 1. The van der Waals surface area contributed by atoms with Crippen molar-refractivity contribution in [1.82, 2.24) is 9.88 Å². The molecule has 0 bridgehead atoms. The van der Waals surface area contributed by atoms with Crippen LogP contribution in [-0.4, -0.2) is 47.8 Å². The van der Waals surface area contributed by atoms with Crippen LogP contribution < -0.4 is 4.90 Å². The molecule has 5 nitrogen and oxygen atoms in total. The van der Waals surface area contributed by atoms with E-state index in [4.69, 9.17) is 27.9 Å². The minimum atomic E-state index is -0.500. The molecule has 0 saturated carbocycles. The molecule has 2 aromatic carbocycles. The second kappa shape index (κ2) is 8.56. The largest absolute Gasteiger partial charge is 0.444 e. The molecule has 0 spiro atoms. The van der Waals surface area contributed by atoms with Gasteiger partial charge in [0.15, 0.2) is 0 Å². The first kappa shape index (κ1) is 21.7. The molecule has 3 aromatic rings. The van der Waals surface area contributed by atoms with Gasteiger partial charge in [0, 0.05) is 58.9 Å². The van der Waals surface area contributed by atoms with E-state index in [2.05, 4.69) is 16.0 Å². The third-order valence-electron chi connectivity index (χ3n) is 5.23. The molecule has 162 valence electrons. The van der Waals surface area contributed by atoms with Gasteiger partial charge in [0.2, 0.25) is 0 Å². The van der Waals surface area contributed by atoms with Crippen LogP contribution in [0.5, 0.6) is 0 Å². The fraction of sp³-hybridized carbons (Fsp3) is 0.333. The molecule has 0 N–H and O–H groups in total. The first-order valence-corrected chi connectivity index (χ1v) is 11.0. The number of hydrogen-bond acceptors (Lipinski definition) is 4. The van der Waals surface area contributed by atoms with E-state index in [9.17, 15) is 4.79 Å². The van der Waals surface area contributed by atoms with E-state index in [0.29, 0.717) is 36.2 Å². The molecule has 1 amide bonds. The van der Waals surface area contributed by atoms with Crippen LogP contribution in [0.3, 0.4) is 0 Å². The molecule has 1 aromatic heterocycles. The van der Waals surface area contributed by atoms with E-state index in [-0.39, 0.29) is 6.09 Å². The average Bonchev–Trinajstić information content (AvgIpc) is 2.72. The highest BCUT2D eigenvalue weighted by molar-refractivity contribution is 6.37. The van der Waals surface area contributed by atoms with Crippen molar-refractivity contribution in [3.8, 4) is 11.1 Å². The molecule has 1 saturated heterocycles. The molecule has 0 unspecified atom stereocenters. The fourth-order valence-electron chi connectivity index (χ4n) is 3.74. The Hall–Kier alpha value is -2.50.